The minimum absolute atomic E-state index is 0.000609. The van der Waals surface area contributed by atoms with Gasteiger partial charge in [0.25, 0.3) is 6.48 Å². The standard InChI is InChI=1S/C23H36N5O8PSi/c1-14(10-32-37(29)30)8-9-24-19-16-20(26-12-25-19)28(13-27-16)21-18-17(35-22(31-5)36-18)15(34-21)11-33-38(6,7)23(2,3)4/h8,12-13,15,17-18,21-22H,9-11H2,1-7H3,(H,24,25,26)/b14-8+/t15-,17-,18-,21-,22?/m1/s1. The number of nitrogens with zero attached hydrogens (tertiary/aromatic N) is 4. The number of hydrogen-bond acceptors (Lipinski definition) is 12. The molecule has 4 rings (SSSR count). The van der Waals surface area contributed by atoms with Crippen LogP contribution >= 0.6 is 8.25 Å². The van der Waals surface area contributed by atoms with E-state index in [-0.39, 0.29) is 23.9 Å². The molecule has 2 saturated heterocycles. The monoisotopic (exact) mass is 569 g/mol. The van der Waals surface area contributed by atoms with Gasteiger partial charge >= 0.3 is 8.25 Å². The first kappa shape index (κ1) is 29.1. The van der Waals surface area contributed by atoms with Crippen molar-refractivity contribution in [1.82, 2.24) is 19.5 Å². The van der Waals surface area contributed by atoms with Gasteiger partial charge in [0.15, 0.2) is 31.5 Å². The van der Waals surface area contributed by atoms with Crippen LogP contribution in [-0.4, -0.2) is 79.5 Å². The number of anilines is 1. The number of imidazole rings is 1. The summed E-state index contributed by atoms with van der Waals surface area (Å²) in [5.41, 5.74) is 1.88. The Kier molecular flexibility index (Phi) is 8.97. The fourth-order valence-corrected chi connectivity index (χ4v) is 5.31. The molecule has 0 aliphatic carbocycles. The summed E-state index contributed by atoms with van der Waals surface area (Å²) in [6.07, 6.45) is 3.15. The minimum atomic E-state index is -2.88. The highest BCUT2D eigenvalue weighted by atomic mass is 31.1. The smallest absolute Gasteiger partial charge is 0.488 e. The number of nitrogens with one attached hydrogen (secondary N) is 1. The summed E-state index contributed by atoms with van der Waals surface area (Å²) in [4.78, 5) is 23.9. The van der Waals surface area contributed by atoms with E-state index in [2.05, 4.69) is 58.7 Å². The van der Waals surface area contributed by atoms with E-state index >= 15 is 0 Å². The number of rotatable bonds is 11. The molecule has 210 valence electrons. The van der Waals surface area contributed by atoms with Crippen LogP contribution in [0.25, 0.3) is 11.2 Å². The number of methoxy groups -OCH3 is 1. The van der Waals surface area contributed by atoms with Crippen LogP contribution in [-0.2, 0) is 32.5 Å². The maximum Gasteiger partial charge on any atom is 0.488 e. The van der Waals surface area contributed by atoms with Gasteiger partial charge in [-0.05, 0) is 35.2 Å². The van der Waals surface area contributed by atoms with Crippen molar-refractivity contribution in [2.75, 3.05) is 32.2 Å². The first-order chi connectivity index (χ1) is 17.9. The number of ether oxygens (including phenoxy) is 4. The van der Waals surface area contributed by atoms with Crippen molar-refractivity contribution in [3.63, 3.8) is 0 Å². The van der Waals surface area contributed by atoms with Crippen LogP contribution in [0, 0.1) is 0 Å². The highest BCUT2D eigenvalue weighted by Gasteiger charge is 2.54. The molecule has 0 aromatic carbocycles. The quantitative estimate of drug-likeness (QED) is 0.241. The zero-order valence-electron chi connectivity index (χ0n) is 22.7. The Morgan fingerprint density at radius 1 is 1.24 bits per heavy atom. The maximum atomic E-state index is 10.6. The third-order valence-electron chi connectivity index (χ3n) is 7.18. The van der Waals surface area contributed by atoms with Gasteiger partial charge in [-0.2, -0.15) is 0 Å². The van der Waals surface area contributed by atoms with E-state index in [4.69, 9.17) is 23.4 Å². The molecule has 13 nitrogen and oxygen atoms in total. The van der Waals surface area contributed by atoms with E-state index in [1.165, 1.54) is 13.4 Å². The van der Waals surface area contributed by atoms with Crippen molar-refractivity contribution < 1.29 is 37.4 Å². The molecule has 2 aromatic heterocycles. The third-order valence-corrected chi connectivity index (χ3v) is 12.0. The number of hydrogen-bond donors (Lipinski definition) is 1. The molecule has 4 heterocycles. The van der Waals surface area contributed by atoms with Crippen molar-refractivity contribution in [3.8, 4) is 0 Å². The molecule has 0 bridgehead atoms. The second kappa shape index (κ2) is 11.7. The molecule has 1 N–H and O–H groups in total. The van der Waals surface area contributed by atoms with Crippen molar-refractivity contribution in [3.05, 3.63) is 24.3 Å². The van der Waals surface area contributed by atoms with Crippen LogP contribution in [0.3, 0.4) is 0 Å². The molecule has 15 heteroatoms. The van der Waals surface area contributed by atoms with Gasteiger partial charge in [0.05, 0.1) is 12.9 Å². The topological polar surface area (TPSA) is 151 Å². The van der Waals surface area contributed by atoms with E-state index < -0.39 is 35.4 Å². The zero-order valence-corrected chi connectivity index (χ0v) is 24.6. The number of fused-ring (bicyclic) bond motifs is 2. The minimum Gasteiger partial charge on any atom is -0.566 e. The average Bonchev–Trinajstić information content (AvgIpc) is 3.54. The fourth-order valence-electron chi connectivity index (χ4n) is 3.99. The largest absolute Gasteiger partial charge is 0.566 e. The zero-order chi connectivity index (χ0) is 27.7. The normalized spacial score (nSPS) is 26.7. The van der Waals surface area contributed by atoms with Gasteiger partial charge in [0.1, 0.15) is 31.2 Å². The molecule has 0 radical (unpaired) electrons. The van der Waals surface area contributed by atoms with E-state index in [0.717, 1.165) is 5.57 Å². The predicted octanol–water partition coefficient (Wildman–Crippen LogP) is 2.85. The van der Waals surface area contributed by atoms with Gasteiger partial charge in [-0.1, -0.05) is 26.8 Å². The summed E-state index contributed by atoms with van der Waals surface area (Å²) < 4.78 is 47.3. The van der Waals surface area contributed by atoms with Crippen molar-refractivity contribution in [1.29, 1.82) is 0 Å². The van der Waals surface area contributed by atoms with Crippen molar-refractivity contribution in [2.45, 2.75) is 76.8 Å². The highest BCUT2D eigenvalue weighted by molar-refractivity contribution is 7.30. The van der Waals surface area contributed by atoms with Crippen molar-refractivity contribution in [2.24, 2.45) is 0 Å². The van der Waals surface area contributed by atoms with Crippen LogP contribution in [0.5, 0.6) is 0 Å². The van der Waals surface area contributed by atoms with E-state index in [9.17, 15) is 9.46 Å². The van der Waals surface area contributed by atoms with Crippen LogP contribution in [0.15, 0.2) is 24.3 Å². The van der Waals surface area contributed by atoms with Gasteiger partial charge in [0.2, 0.25) is 0 Å². The molecular weight excluding hydrogens is 533 g/mol. The van der Waals surface area contributed by atoms with E-state index in [0.29, 0.717) is 30.1 Å². The average molecular weight is 570 g/mol. The molecule has 2 fully saturated rings. The van der Waals surface area contributed by atoms with Crippen LogP contribution in [0.2, 0.25) is 18.1 Å². The molecule has 0 spiro atoms. The second-order valence-electron chi connectivity index (χ2n) is 10.8. The van der Waals surface area contributed by atoms with Crippen molar-refractivity contribution >= 4 is 33.6 Å². The molecule has 0 saturated carbocycles. The van der Waals surface area contributed by atoms with Crippen LogP contribution in [0.4, 0.5) is 5.82 Å². The summed E-state index contributed by atoms with van der Waals surface area (Å²) in [6.45, 7) is 12.7. The van der Waals surface area contributed by atoms with Gasteiger partial charge in [-0.3, -0.25) is 4.57 Å². The summed E-state index contributed by atoms with van der Waals surface area (Å²) in [5.74, 6) is 0.527. The molecule has 2 aromatic rings. The van der Waals surface area contributed by atoms with Gasteiger partial charge in [-0.15, -0.1) is 4.52 Å². The lowest BCUT2D eigenvalue weighted by atomic mass is 10.1. The van der Waals surface area contributed by atoms with E-state index in [1.807, 2.05) is 10.6 Å². The molecule has 6 atom stereocenters. The summed E-state index contributed by atoms with van der Waals surface area (Å²) in [7, 11) is -3.36. The molecule has 2 aliphatic heterocycles. The molecule has 0 amide bonds. The first-order valence-corrected chi connectivity index (χ1v) is 16.4. The van der Waals surface area contributed by atoms with E-state index in [1.54, 1.807) is 13.3 Å². The molecule has 2 aliphatic rings. The second-order valence-corrected chi connectivity index (χ2v) is 16.4. The third kappa shape index (κ3) is 6.30. The lowest BCUT2D eigenvalue weighted by Gasteiger charge is -2.37. The Morgan fingerprint density at radius 2 is 1.97 bits per heavy atom. The van der Waals surface area contributed by atoms with Gasteiger partial charge in [-0.25, -0.2) is 15.0 Å². The SMILES string of the molecule is COC1O[C@@H]2[C@H](O1)[C@@H](CO[Si](C)(C)C(C)(C)C)O[C@H]2n1cnc2c(NC/C=C(\C)CO[P+](=O)[O-])ncnc21. The molecular formula is C23H36N5O8PSi. The number of aromatic nitrogens is 4. The first-order valence-electron chi connectivity index (χ1n) is 12.4. The Morgan fingerprint density at radius 3 is 2.66 bits per heavy atom. The lowest BCUT2D eigenvalue weighted by molar-refractivity contribution is -0.256. The summed E-state index contributed by atoms with van der Waals surface area (Å²) in [6, 6.07) is 0. The van der Waals surface area contributed by atoms with Crippen LogP contribution in [0.1, 0.15) is 33.9 Å². The Hall–Kier alpha value is -1.87. The fraction of sp³-hybridized carbons (Fsp3) is 0.696. The predicted molar refractivity (Wildman–Crippen MR) is 139 cm³/mol. The molecule has 38 heavy (non-hydrogen) atoms. The van der Waals surface area contributed by atoms with Gasteiger partial charge < -0.3 is 33.6 Å². The van der Waals surface area contributed by atoms with Crippen LogP contribution < -0.4 is 10.2 Å². The van der Waals surface area contributed by atoms with Gasteiger partial charge in [0, 0.05) is 13.7 Å². The summed E-state index contributed by atoms with van der Waals surface area (Å²) >= 11 is 0. The Labute approximate surface area is 223 Å². The summed E-state index contributed by atoms with van der Waals surface area (Å²) in [5, 5.41) is 3.25. The molecule has 2 unspecified atom stereocenters. The maximum absolute atomic E-state index is 10.6. The lowest BCUT2D eigenvalue weighted by Crippen LogP contribution is -2.44. The Bertz CT molecular complexity index is 1170. The Balaban J connectivity index is 1.51. The highest BCUT2D eigenvalue weighted by Crippen LogP contribution is 2.42.